The summed E-state index contributed by atoms with van der Waals surface area (Å²) in [6.07, 6.45) is 0.489. The first-order chi connectivity index (χ1) is 10.3. The monoisotopic (exact) mass is 307 g/mol. The van der Waals surface area contributed by atoms with Crippen LogP contribution in [0.25, 0.3) is 0 Å². The van der Waals surface area contributed by atoms with E-state index in [1.165, 1.54) is 12.1 Å². The number of nitrogens with one attached hydrogen (secondary N) is 2. The van der Waals surface area contributed by atoms with Gasteiger partial charge in [-0.05, 0) is 36.6 Å². The molecule has 0 aromatic heterocycles. The summed E-state index contributed by atoms with van der Waals surface area (Å²) >= 11 is 0. The van der Waals surface area contributed by atoms with Crippen molar-refractivity contribution in [3.05, 3.63) is 29.8 Å². The highest BCUT2D eigenvalue weighted by atomic mass is 16.4. The molecule has 0 heterocycles. The number of benzene rings is 1. The number of carboxylic acid groups (broad SMARTS) is 1. The molecule has 3 amide bonds. The van der Waals surface area contributed by atoms with Crippen molar-refractivity contribution in [1.29, 1.82) is 0 Å². The van der Waals surface area contributed by atoms with Crippen molar-refractivity contribution in [2.45, 2.75) is 20.3 Å². The summed E-state index contributed by atoms with van der Waals surface area (Å²) in [5.74, 6) is -1.87. The predicted molar refractivity (Wildman–Crippen MR) is 82.6 cm³/mol. The number of carbonyl (C=O) groups excluding carboxylic acids is 2. The number of anilines is 1. The van der Waals surface area contributed by atoms with E-state index in [4.69, 9.17) is 10.8 Å². The van der Waals surface area contributed by atoms with E-state index < -0.39 is 23.8 Å². The van der Waals surface area contributed by atoms with Gasteiger partial charge in [0.1, 0.15) is 0 Å². The zero-order valence-corrected chi connectivity index (χ0v) is 12.6. The molecule has 0 bridgehead atoms. The van der Waals surface area contributed by atoms with Crippen LogP contribution in [0.4, 0.5) is 10.5 Å². The molecule has 0 aliphatic heterocycles. The molecule has 0 fully saturated rings. The van der Waals surface area contributed by atoms with E-state index >= 15 is 0 Å². The lowest BCUT2D eigenvalue weighted by atomic mass is 9.97. The van der Waals surface area contributed by atoms with Gasteiger partial charge in [0.25, 0.3) is 0 Å². The van der Waals surface area contributed by atoms with Crippen LogP contribution in [0.2, 0.25) is 0 Å². The van der Waals surface area contributed by atoms with Crippen molar-refractivity contribution < 1.29 is 19.5 Å². The molecule has 0 aliphatic rings. The average Bonchev–Trinajstić information content (AvgIpc) is 2.43. The Morgan fingerprint density at radius 3 is 2.23 bits per heavy atom. The molecule has 1 unspecified atom stereocenters. The van der Waals surface area contributed by atoms with Crippen LogP contribution in [0.15, 0.2) is 24.3 Å². The molecule has 1 aromatic rings. The molecule has 1 rings (SSSR count). The number of rotatable bonds is 7. The van der Waals surface area contributed by atoms with Crippen LogP contribution in [0.1, 0.15) is 30.6 Å². The lowest BCUT2D eigenvalue weighted by molar-refractivity contribution is -0.142. The molecule has 0 saturated heterocycles. The normalized spacial score (nSPS) is 11.8. The number of nitrogens with two attached hydrogens (primary N) is 1. The molecular weight excluding hydrogens is 286 g/mol. The SMILES string of the molecule is CC(C)CC(CNC(=O)Nc1ccc(C(N)=O)cc1)C(=O)O. The highest BCUT2D eigenvalue weighted by Crippen LogP contribution is 2.12. The summed E-state index contributed by atoms with van der Waals surface area (Å²) in [5.41, 5.74) is 5.95. The van der Waals surface area contributed by atoms with E-state index in [-0.39, 0.29) is 12.5 Å². The molecule has 0 radical (unpaired) electrons. The standard InChI is InChI=1S/C15H21N3O4/c1-9(2)7-11(14(20)21)8-17-15(22)18-12-5-3-10(4-6-12)13(16)19/h3-6,9,11H,7-8H2,1-2H3,(H2,16,19)(H,20,21)(H2,17,18,22). The molecule has 0 aliphatic carbocycles. The number of carboxylic acids is 1. The zero-order valence-electron chi connectivity index (χ0n) is 12.6. The predicted octanol–water partition coefficient (Wildman–Crippen LogP) is 1.65. The molecular formula is C15H21N3O4. The lowest BCUT2D eigenvalue weighted by Crippen LogP contribution is -2.36. The number of hydrogen-bond donors (Lipinski definition) is 4. The maximum atomic E-state index is 11.7. The largest absolute Gasteiger partial charge is 0.481 e. The van der Waals surface area contributed by atoms with Gasteiger partial charge in [-0.1, -0.05) is 13.8 Å². The first-order valence-electron chi connectivity index (χ1n) is 6.97. The van der Waals surface area contributed by atoms with Gasteiger partial charge in [0, 0.05) is 17.8 Å². The van der Waals surface area contributed by atoms with E-state index in [1.54, 1.807) is 12.1 Å². The summed E-state index contributed by atoms with van der Waals surface area (Å²) in [6.45, 7) is 3.91. The van der Waals surface area contributed by atoms with E-state index in [0.29, 0.717) is 17.7 Å². The van der Waals surface area contributed by atoms with Crippen LogP contribution >= 0.6 is 0 Å². The van der Waals surface area contributed by atoms with Crippen LogP contribution in [0.5, 0.6) is 0 Å². The Bertz CT molecular complexity index is 540. The van der Waals surface area contributed by atoms with Gasteiger partial charge >= 0.3 is 12.0 Å². The average molecular weight is 307 g/mol. The molecule has 7 heteroatoms. The second-order valence-corrected chi connectivity index (χ2v) is 5.44. The highest BCUT2D eigenvalue weighted by molar-refractivity contribution is 5.94. The molecule has 0 saturated carbocycles. The highest BCUT2D eigenvalue weighted by Gasteiger charge is 2.19. The van der Waals surface area contributed by atoms with Crippen molar-refractivity contribution in [3.8, 4) is 0 Å². The maximum absolute atomic E-state index is 11.7. The first-order valence-corrected chi connectivity index (χ1v) is 6.97. The third-order valence-corrected chi connectivity index (χ3v) is 3.04. The van der Waals surface area contributed by atoms with Crippen molar-refractivity contribution in [2.24, 2.45) is 17.6 Å². The number of primary amides is 1. The molecule has 22 heavy (non-hydrogen) atoms. The first kappa shape index (κ1) is 17.5. The smallest absolute Gasteiger partial charge is 0.319 e. The Labute approximate surface area is 128 Å². The van der Waals surface area contributed by atoms with E-state index in [1.807, 2.05) is 13.8 Å². The van der Waals surface area contributed by atoms with Crippen molar-refractivity contribution in [2.75, 3.05) is 11.9 Å². The van der Waals surface area contributed by atoms with Crippen LogP contribution < -0.4 is 16.4 Å². The Kier molecular flexibility index (Phi) is 6.37. The van der Waals surface area contributed by atoms with E-state index in [0.717, 1.165) is 0 Å². The summed E-state index contributed by atoms with van der Waals surface area (Å²) < 4.78 is 0. The minimum atomic E-state index is -0.931. The second-order valence-electron chi connectivity index (χ2n) is 5.44. The van der Waals surface area contributed by atoms with Crippen molar-refractivity contribution in [3.63, 3.8) is 0 Å². The third-order valence-electron chi connectivity index (χ3n) is 3.04. The van der Waals surface area contributed by atoms with Gasteiger partial charge in [-0.15, -0.1) is 0 Å². The van der Waals surface area contributed by atoms with Gasteiger partial charge in [0.05, 0.1) is 5.92 Å². The van der Waals surface area contributed by atoms with Crippen LogP contribution in [0.3, 0.4) is 0 Å². The van der Waals surface area contributed by atoms with Gasteiger partial charge in [-0.3, -0.25) is 9.59 Å². The lowest BCUT2D eigenvalue weighted by Gasteiger charge is -2.15. The summed E-state index contributed by atoms with van der Waals surface area (Å²) in [4.78, 5) is 33.8. The number of carbonyl (C=O) groups is 3. The van der Waals surface area contributed by atoms with Crippen LogP contribution in [-0.4, -0.2) is 29.6 Å². The van der Waals surface area contributed by atoms with Gasteiger partial charge in [0.2, 0.25) is 5.91 Å². The molecule has 1 atom stereocenters. The number of amides is 3. The molecule has 1 aromatic carbocycles. The van der Waals surface area contributed by atoms with Gasteiger partial charge in [-0.2, -0.15) is 0 Å². The van der Waals surface area contributed by atoms with Crippen LogP contribution in [0, 0.1) is 11.8 Å². The number of aliphatic carboxylic acids is 1. The summed E-state index contributed by atoms with van der Waals surface area (Å²) in [7, 11) is 0. The fourth-order valence-electron chi connectivity index (χ4n) is 1.95. The Morgan fingerprint density at radius 1 is 1.18 bits per heavy atom. The molecule has 0 spiro atoms. The third kappa shape index (κ3) is 5.82. The minimum Gasteiger partial charge on any atom is -0.481 e. The van der Waals surface area contributed by atoms with E-state index in [2.05, 4.69) is 10.6 Å². The van der Waals surface area contributed by atoms with E-state index in [9.17, 15) is 14.4 Å². The van der Waals surface area contributed by atoms with Gasteiger partial charge < -0.3 is 21.5 Å². The summed E-state index contributed by atoms with van der Waals surface area (Å²) in [6, 6.07) is 5.58. The molecule has 5 N–H and O–H groups in total. The van der Waals surface area contributed by atoms with Crippen molar-refractivity contribution >= 4 is 23.6 Å². The van der Waals surface area contributed by atoms with Crippen LogP contribution in [-0.2, 0) is 4.79 Å². The molecule has 7 nitrogen and oxygen atoms in total. The number of hydrogen-bond acceptors (Lipinski definition) is 3. The quantitative estimate of drug-likeness (QED) is 0.612. The molecule has 120 valence electrons. The Morgan fingerprint density at radius 2 is 1.77 bits per heavy atom. The minimum absolute atomic E-state index is 0.0543. The van der Waals surface area contributed by atoms with Crippen molar-refractivity contribution in [1.82, 2.24) is 5.32 Å². The van der Waals surface area contributed by atoms with Gasteiger partial charge in [-0.25, -0.2) is 4.79 Å². The summed E-state index contributed by atoms with van der Waals surface area (Å²) in [5, 5.41) is 14.2. The fraction of sp³-hybridized carbons (Fsp3) is 0.400. The Balaban J connectivity index is 2.51. The fourth-order valence-corrected chi connectivity index (χ4v) is 1.95. The number of urea groups is 1. The maximum Gasteiger partial charge on any atom is 0.319 e. The zero-order chi connectivity index (χ0) is 16.7. The second kappa shape index (κ2) is 8.02. The van der Waals surface area contributed by atoms with Gasteiger partial charge in [0.15, 0.2) is 0 Å². The topological polar surface area (TPSA) is 122 Å². The Hall–Kier alpha value is -2.57.